The standard InChI is InChI=1S/C18H22N4O/c1-21-7-6-19-17(21)11-20-15-10-18(23)22(12-15)16-8-13-4-2-3-5-14(13)9-16/h2-7,15-16,20H,8-12H2,1H3/t15-/m0/s1. The summed E-state index contributed by atoms with van der Waals surface area (Å²) >= 11 is 0. The molecular formula is C18H22N4O. The topological polar surface area (TPSA) is 50.2 Å². The Kier molecular flexibility index (Phi) is 3.65. The summed E-state index contributed by atoms with van der Waals surface area (Å²) < 4.78 is 2.01. The van der Waals surface area contributed by atoms with Crippen molar-refractivity contribution in [2.75, 3.05) is 6.54 Å². The number of imidazole rings is 1. The molecule has 1 atom stereocenters. The van der Waals surface area contributed by atoms with Crippen molar-refractivity contribution < 1.29 is 4.79 Å². The van der Waals surface area contributed by atoms with Crippen molar-refractivity contribution in [3.8, 4) is 0 Å². The highest BCUT2D eigenvalue weighted by molar-refractivity contribution is 5.79. The van der Waals surface area contributed by atoms with Gasteiger partial charge in [0.25, 0.3) is 0 Å². The summed E-state index contributed by atoms with van der Waals surface area (Å²) in [4.78, 5) is 18.8. The van der Waals surface area contributed by atoms with E-state index >= 15 is 0 Å². The largest absolute Gasteiger partial charge is 0.337 e. The number of nitrogens with zero attached hydrogens (tertiary/aromatic N) is 3. The highest BCUT2D eigenvalue weighted by atomic mass is 16.2. The zero-order valence-electron chi connectivity index (χ0n) is 13.4. The Morgan fingerprint density at radius 1 is 1.22 bits per heavy atom. The Morgan fingerprint density at radius 2 is 1.96 bits per heavy atom. The van der Waals surface area contributed by atoms with Gasteiger partial charge in [-0.05, 0) is 24.0 Å². The highest BCUT2D eigenvalue weighted by Crippen LogP contribution is 2.28. The van der Waals surface area contributed by atoms with Gasteiger partial charge in [0.1, 0.15) is 5.82 Å². The van der Waals surface area contributed by atoms with Crippen LogP contribution in [0.5, 0.6) is 0 Å². The number of nitrogens with one attached hydrogen (secondary N) is 1. The quantitative estimate of drug-likeness (QED) is 0.925. The Hall–Kier alpha value is -2.14. The minimum atomic E-state index is 0.225. The van der Waals surface area contributed by atoms with E-state index in [4.69, 9.17) is 0 Å². The maximum absolute atomic E-state index is 12.4. The third-order valence-corrected chi connectivity index (χ3v) is 5.10. The highest BCUT2D eigenvalue weighted by Gasteiger charge is 2.36. The first-order chi connectivity index (χ1) is 11.2. The van der Waals surface area contributed by atoms with Crippen LogP contribution in [0.3, 0.4) is 0 Å². The lowest BCUT2D eigenvalue weighted by Crippen LogP contribution is -2.39. The lowest BCUT2D eigenvalue weighted by Gasteiger charge is -2.24. The van der Waals surface area contributed by atoms with E-state index in [1.807, 2.05) is 17.8 Å². The van der Waals surface area contributed by atoms with Crippen LogP contribution in [0.2, 0.25) is 0 Å². The molecule has 120 valence electrons. The number of hydrogen-bond donors (Lipinski definition) is 1. The first kappa shape index (κ1) is 14.5. The smallest absolute Gasteiger partial charge is 0.224 e. The van der Waals surface area contributed by atoms with Crippen LogP contribution >= 0.6 is 0 Å². The van der Waals surface area contributed by atoms with E-state index in [1.54, 1.807) is 6.20 Å². The molecule has 23 heavy (non-hydrogen) atoms. The van der Waals surface area contributed by atoms with E-state index in [0.29, 0.717) is 19.0 Å². The second-order valence-corrected chi connectivity index (χ2v) is 6.61. The van der Waals surface area contributed by atoms with Crippen LogP contribution in [-0.2, 0) is 31.2 Å². The first-order valence-corrected chi connectivity index (χ1v) is 8.26. The Labute approximate surface area is 136 Å². The van der Waals surface area contributed by atoms with Crippen LogP contribution in [0.1, 0.15) is 23.4 Å². The molecular weight excluding hydrogens is 288 g/mol. The third kappa shape index (κ3) is 2.77. The van der Waals surface area contributed by atoms with Crippen LogP contribution in [0.4, 0.5) is 0 Å². The number of amides is 1. The van der Waals surface area contributed by atoms with Gasteiger partial charge in [-0.25, -0.2) is 4.98 Å². The average molecular weight is 310 g/mol. The van der Waals surface area contributed by atoms with Crippen LogP contribution in [0.25, 0.3) is 0 Å². The molecule has 4 rings (SSSR count). The average Bonchev–Trinajstić information content (AvgIpc) is 3.23. The SMILES string of the molecule is Cn1ccnc1CN[C@H]1CC(=O)N(C2Cc3ccccc3C2)C1. The Balaban J connectivity index is 1.37. The van der Waals surface area contributed by atoms with E-state index in [1.165, 1.54) is 11.1 Å². The van der Waals surface area contributed by atoms with E-state index in [-0.39, 0.29) is 11.9 Å². The minimum Gasteiger partial charge on any atom is -0.337 e. The van der Waals surface area contributed by atoms with Crippen LogP contribution in [0, 0.1) is 0 Å². The normalized spacial score (nSPS) is 21.2. The third-order valence-electron chi connectivity index (χ3n) is 5.10. The molecule has 0 unspecified atom stereocenters. The van der Waals surface area contributed by atoms with Gasteiger partial charge in [-0.1, -0.05) is 24.3 Å². The predicted octanol–water partition coefficient (Wildman–Crippen LogP) is 1.28. The fourth-order valence-electron chi connectivity index (χ4n) is 3.78. The van der Waals surface area contributed by atoms with Crippen molar-refractivity contribution in [2.45, 2.75) is 37.9 Å². The van der Waals surface area contributed by atoms with Crippen molar-refractivity contribution in [3.05, 3.63) is 53.6 Å². The van der Waals surface area contributed by atoms with E-state index in [9.17, 15) is 4.79 Å². The number of likely N-dealkylation sites (tertiary alicyclic amines) is 1. The van der Waals surface area contributed by atoms with Crippen molar-refractivity contribution in [2.24, 2.45) is 7.05 Å². The molecule has 0 bridgehead atoms. The predicted molar refractivity (Wildman–Crippen MR) is 87.8 cm³/mol. The lowest BCUT2D eigenvalue weighted by atomic mass is 10.1. The molecule has 1 aliphatic heterocycles. The molecule has 2 aliphatic rings. The van der Waals surface area contributed by atoms with Gasteiger partial charge in [-0.15, -0.1) is 0 Å². The number of fused-ring (bicyclic) bond motifs is 1. The van der Waals surface area contributed by atoms with Crippen molar-refractivity contribution >= 4 is 5.91 Å². The van der Waals surface area contributed by atoms with Crippen molar-refractivity contribution in [1.82, 2.24) is 19.8 Å². The molecule has 5 nitrogen and oxygen atoms in total. The molecule has 0 radical (unpaired) electrons. The molecule has 1 aromatic heterocycles. The van der Waals surface area contributed by atoms with Gasteiger partial charge < -0.3 is 14.8 Å². The Morgan fingerprint density at radius 3 is 2.61 bits per heavy atom. The number of aromatic nitrogens is 2. The Bertz CT molecular complexity index is 698. The van der Waals surface area contributed by atoms with Crippen LogP contribution in [0.15, 0.2) is 36.7 Å². The van der Waals surface area contributed by atoms with E-state index in [2.05, 4.69) is 39.5 Å². The van der Waals surface area contributed by atoms with Gasteiger partial charge in [0, 0.05) is 44.5 Å². The fraction of sp³-hybridized carbons (Fsp3) is 0.444. The number of aryl methyl sites for hydroxylation is 1. The maximum atomic E-state index is 12.4. The summed E-state index contributed by atoms with van der Waals surface area (Å²) in [5.74, 6) is 1.28. The van der Waals surface area contributed by atoms with E-state index < -0.39 is 0 Å². The summed E-state index contributed by atoms with van der Waals surface area (Å²) in [6, 6.07) is 9.11. The minimum absolute atomic E-state index is 0.225. The summed E-state index contributed by atoms with van der Waals surface area (Å²) in [5, 5.41) is 3.48. The molecule has 1 aliphatic carbocycles. The monoisotopic (exact) mass is 310 g/mol. The maximum Gasteiger partial charge on any atom is 0.224 e. The molecule has 0 saturated carbocycles. The van der Waals surface area contributed by atoms with Gasteiger partial charge in [0.05, 0.1) is 6.54 Å². The molecule has 1 N–H and O–H groups in total. The summed E-state index contributed by atoms with van der Waals surface area (Å²) in [6.07, 6.45) is 6.33. The molecule has 2 aromatic rings. The van der Waals surface area contributed by atoms with Gasteiger partial charge >= 0.3 is 0 Å². The fourth-order valence-corrected chi connectivity index (χ4v) is 3.78. The molecule has 0 spiro atoms. The van der Waals surface area contributed by atoms with Gasteiger partial charge in [-0.2, -0.15) is 0 Å². The lowest BCUT2D eigenvalue weighted by molar-refractivity contribution is -0.129. The zero-order chi connectivity index (χ0) is 15.8. The second kappa shape index (κ2) is 5.81. The van der Waals surface area contributed by atoms with Crippen molar-refractivity contribution in [3.63, 3.8) is 0 Å². The van der Waals surface area contributed by atoms with Gasteiger partial charge in [-0.3, -0.25) is 4.79 Å². The number of benzene rings is 1. The molecule has 1 aromatic carbocycles. The zero-order valence-corrected chi connectivity index (χ0v) is 13.4. The second-order valence-electron chi connectivity index (χ2n) is 6.61. The number of rotatable bonds is 4. The number of carbonyl (C=O) groups excluding carboxylic acids is 1. The molecule has 1 saturated heterocycles. The summed E-state index contributed by atoms with van der Waals surface area (Å²) in [6.45, 7) is 1.52. The van der Waals surface area contributed by atoms with Crippen LogP contribution in [-0.4, -0.2) is 39.0 Å². The van der Waals surface area contributed by atoms with Gasteiger partial charge in [0.15, 0.2) is 0 Å². The molecule has 1 fully saturated rings. The molecule has 1 amide bonds. The van der Waals surface area contributed by atoms with E-state index in [0.717, 1.165) is 25.2 Å². The summed E-state index contributed by atoms with van der Waals surface area (Å²) in [5.41, 5.74) is 2.80. The number of carbonyl (C=O) groups is 1. The van der Waals surface area contributed by atoms with Crippen molar-refractivity contribution in [1.29, 1.82) is 0 Å². The van der Waals surface area contributed by atoms with Crippen LogP contribution < -0.4 is 5.32 Å². The first-order valence-electron chi connectivity index (χ1n) is 8.26. The molecule has 5 heteroatoms. The van der Waals surface area contributed by atoms with Gasteiger partial charge in [0.2, 0.25) is 5.91 Å². The molecule has 2 heterocycles. The number of hydrogen-bond acceptors (Lipinski definition) is 3. The summed E-state index contributed by atoms with van der Waals surface area (Å²) in [7, 11) is 1.99.